The summed E-state index contributed by atoms with van der Waals surface area (Å²) in [6.45, 7) is 2.26. The number of hydrogen-bond donors (Lipinski definition) is 1. The fourth-order valence-corrected chi connectivity index (χ4v) is 0.666. The van der Waals surface area contributed by atoms with Crippen LogP contribution in [0.15, 0.2) is 9.98 Å². The molecule has 0 amide bonds. The molecule has 0 spiro atoms. The van der Waals surface area contributed by atoms with Crippen LogP contribution in [0.5, 0.6) is 0 Å². The Labute approximate surface area is 85.8 Å². The van der Waals surface area contributed by atoms with Gasteiger partial charge in [0, 0.05) is 0 Å². The van der Waals surface area contributed by atoms with Crippen LogP contribution in [-0.2, 0) is 0 Å². The molecule has 0 aliphatic rings. The third kappa shape index (κ3) is 14.4. The molecule has 0 heterocycles. The lowest BCUT2D eigenvalue weighted by atomic mass is 10.4. The van der Waals surface area contributed by atoms with Crippen LogP contribution in [0, 0.1) is 0 Å². The molecule has 0 bridgehead atoms. The summed E-state index contributed by atoms with van der Waals surface area (Å²) in [4.78, 5) is 9.76. The van der Waals surface area contributed by atoms with E-state index in [4.69, 9.17) is 5.11 Å². The lowest BCUT2D eigenvalue weighted by molar-refractivity contribution is 0.307. The summed E-state index contributed by atoms with van der Waals surface area (Å²) in [5.74, 6) is 0. The molecule has 0 rings (SSSR count). The second-order valence-corrected chi connectivity index (χ2v) is 2.74. The SMILES string of the molecule is CN(C)CCCN=C=NCCO.Cl. The van der Waals surface area contributed by atoms with Gasteiger partial charge in [-0.25, -0.2) is 9.98 Å². The summed E-state index contributed by atoms with van der Waals surface area (Å²) >= 11 is 0. The van der Waals surface area contributed by atoms with Gasteiger partial charge in [-0.2, -0.15) is 0 Å². The van der Waals surface area contributed by atoms with E-state index in [0.717, 1.165) is 19.5 Å². The van der Waals surface area contributed by atoms with E-state index >= 15 is 0 Å². The van der Waals surface area contributed by atoms with Crippen molar-refractivity contribution in [1.82, 2.24) is 4.90 Å². The maximum atomic E-state index is 8.36. The van der Waals surface area contributed by atoms with E-state index in [-0.39, 0.29) is 19.0 Å². The van der Waals surface area contributed by atoms with E-state index in [1.165, 1.54) is 0 Å². The molecule has 0 aromatic heterocycles. The van der Waals surface area contributed by atoms with Crippen molar-refractivity contribution in [2.75, 3.05) is 40.3 Å². The zero-order valence-corrected chi connectivity index (χ0v) is 9.05. The molecule has 0 saturated heterocycles. The quantitative estimate of drug-likeness (QED) is 0.510. The molecular weight excluding hydrogens is 190 g/mol. The predicted octanol–water partition coefficient (Wildman–Crippen LogP) is 0.526. The van der Waals surface area contributed by atoms with Gasteiger partial charge in [0.05, 0.1) is 25.7 Å². The molecule has 0 fully saturated rings. The summed E-state index contributed by atoms with van der Waals surface area (Å²) in [5, 5.41) is 8.36. The van der Waals surface area contributed by atoms with Gasteiger partial charge in [-0.15, -0.1) is 12.4 Å². The van der Waals surface area contributed by atoms with E-state index in [1.54, 1.807) is 0 Å². The van der Waals surface area contributed by atoms with Crippen molar-refractivity contribution < 1.29 is 5.11 Å². The van der Waals surface area contributed by atoms with Crippen LogP contribution in [0.2, 0.25) is 0 Å². The molecule has 13 heavy (non-hydrogen) atoms. The van der Waals surface area contributed by atoms with E-state index in [1.807, 2.05) is 14.1 Å². The number of nitrogens with zero attached hydrogens (tertiary/aromatic N) is 3. The van der Waals surface area contributed by atoms with Gasteiger partial charge in [0.15, 0.2) is 0 Å². The first-order valence-electron chi connectivity index (χ1n) is 4.11. The number of aliphatic hydroxyl groups is 1. The Morgan fingerprint density at radius 1 is 1.23 bits per heavy atom. The fourth-order valence-electron chi connectivity index (χ4n) is 0.666. The molecule has 1 N–H and O–H groups in total. The van der Waals surface area contributed by atoms with Gasteiger partial charge in [0.2, 0.25) is 0 Å². The maximum Gasteiger partial charge on any atom is 0.0893 e. The average Bonchev–Trinajstić information content (AvgIpc) is 2.02. The number of aliphatic hydroxyl groups excluding tert-OH is 1. The van der Waals surface area contributed by atoms with Gasteiger partial charge in [0.1, 0.15) is 0 Å². The highest BCUT2D eigenvalue weighted by Gasteiger charge is 1.86. The van der Waals surface area contributed by atoms with Crippen molar-refractivity contribution in [1.29, 1.82) is 0 Å². The minimum absolute atomic E-state index is 0. The topological polar surface area (TPSA) is 48.2 Å². The van der Waals surface area contributed by atoms with E-state index in [0.29, 0.717) is 6.54 Å². The zero-order valence-electron chi connectivity index (χ0n) is 8.23. The number of hydrogen-bond acceptors (Lipinski definition) is 4. The van der Waals surface area contributed by atoms with Gasteiger partial charge in [0.25, 0.3) is 0 Å². The van der Waals surface area contributed by atoms with E-state index in [9.17, 15) is 0 Å². The standard InChI is InChI=1S/C8H17N3O.ClH/c1-11(2)6-3-4-9-8-10-5-7-12;/h12H,3-7H2,1-2H3;1H. The second kappa shape index (κ2) is 11.6. The monoisotopic (exact) mass is 207 g/mol. The van der Waals surface area contributed by atoms with Crippen LogP contribution >= 0.6 is 12.4 Å². The van der Waals surface area contributed by atoms with Gasteiger partial charge in [-0.1, -0.05) is 0 Å². The summed E-state index contributed by atoms with van der Waals surface area (Å²) in [6, 6.07) is 2.53. The predicted molar refractivity (Wildman–Crippen MR) is 57.1 cm³/mol. The van der Waals surface area contributed by atoms with E-state index < -0.39 is 0 Å². The maximum absolute atomic E-state index is 8.36. The highest BCUT2D eigenvalue weighted by atomic mass is 35.5. The van der Waals surface area contributed by atoms with Gasteiger partial charge < -0.3 is 10.0 Å². The molecule has 0 aliphatic heterocycles. The molecule has 0 saturated carbocycles. The Balaban J connectivity index is 0. The molecule has 78 valence electrons. The Hall–Kier alpha value is -0.410. The Kier molecular flexibility index (Phi) is 13.4. The van der Waals surface area contributed by atoms with E-state index in [2.05, 4.69) is 20.9 Å². The van der Waals surface area contributed by atoms with Crippen LogP contribution in [0.3, 0.4) is 0 Å². The van der Waals surface area contributed by atoms with Crippen molar-refractivity contribution in [3.63, 3.8) is 0 Å². The molecule has 5 heteroatoms. The first-order valence-corrected chi connectivity index (χ1v) is 4.11. The molecule has 0 aliphatic carbocycles. The lowest BCUT2D eigenvalue weighted by Gasteiger charge is -2.05. The lowest BCUT2D eigenvalue weighted by Crippen LogP contribution is -2.13. The number of rotatable bonds is 6. The smallest absolute Gasteiger partial charge is 0.0893 e. The first-order chi connectivity index (χ1) is 5.77. The second-order valence-electron chi connectivity index (χ2n) is 2.74. The van der Waals surface area contributed by atoms with Gasteiger partial charge >= 0.3 is 0 Å². The Bertz CT molecular complexity index is 155. The summed E-state index contributed by atoms with van der Waals surface area (Å²) in [6.07, 6.45) is 1.02. The van der Waals surface area contributed by atoms with Gasteiger partial charge in [-0.3, -0.25) is 0 Å². The average molecular weight is 208 g/mol. The minimum Gasteiger partial charge on any atom is -0.394 e. The molecular formula is C8H18ClN3O. The Morgan fingerprint density at radius 2 is 1.85 bits per heavy atom. The zero-order chi connectivity index (χ0) is 9.23. The molecule has 0 aromatic rings. The van der Waals surface area contributed by atoms with Crippen LogP contribution in [0.1, 0.15) is 6.42 Å². The summed E-state index contributed by atoms with van der Waals surface area (Å²) in [7, 11) is 4.06. The first kappa shape index (κ1) is 15.1. The van der Waals surface area contributed by atoms with Gasteiger partial charge in [-0.05, 0) is 27.1 Å². The fraction of sp³-hybridized carbons (Fsp3) is 0.875. The summed E-state index contributed by atoms with van der Waals surface area (Å²) in [5.41, 5.74) is 0. The third-order valence-electron chi connectivity index (χ3n) is 1.23. The van der Waals surface area contributed by atoms with Crippen LogP contribution < -0.4 is 0 Å². The molecule has 4 nitrogen and oxygen atoms in total. The molecule has 0 radical (unpaired) electrons. The van der Waals surface area contributed by atoms with Crippen LogP contribution in [0.4, 0.5) is 0 Å². The number of halogens is 1. The normalized spacial score (nSPS) is 8.92. The highest BCUT2D eigenvalue weighted by Crippen LogP contribution is 1.82. The van der Waals surface area contributed by atoms with Crippen molar-refractivity contribution in [2.24, 2.45) is 9.98 Å². The van der Waals surface area contributed by atoms with Crippen molar-refractivity contribution in [3.8, 4) is 0 Å². The highest BCUT2D eigenvalue weighted by molar-refractivity contribution is 5.85. The largest absolute Gasteiger partial charge is 0.394 e. The minimum atomic E-state index is 0. The molecule has 0 atom stereocenters. The van der Waals surface area contributed by atoms with Crippen molar-refractivity contribution in [3.05, 3.63) is 0 Å². The summed E-state index contributed by atoms with van der Waals surface area (Å²) < 4.78 is 0. The molecule has 0 unspecified atom stereocenters. The van der Waals surface area contributed by atoms with Crippen molar-refractivity contribution >= 4 is 18.4 Å². The number of aliphatic imine (C=N–C) groups is 2. The van der Waals surface area contributed by atoms with Crippen LogP contribution in [-0.4, -0.2) is 56.4 Å². The third-order valence-corrected chi connectivity index (χ3v) is 1.23. The molecule has 0 aromatic carbocycles. The van der Waals surface area contributed by atoms with Crippen molar-refractivity contribution in [2.45, 2.75) is 6.42 Å². The Morgan fingerprint density at radius 3 is 2.38 bits per heavy atom. The van der Waals surface area contributed by atoms with Crippen LogP contribution in [0.25, 0.3) is 0 Å².